The number of hydrogen-bond donors (Lipinski definition) is 3. The van der Waals surface area contributed by atoms with E-state index in [1.54, 1.807) is 37.4 Å². The molecule has 1 fully saturated rings. The molecule has 3 N–H and O–H groups in total. The van der Waals surface area contributed by atoms with E-state index in [0.717, 1.165) is 43.4 Å². The second-order valence-electron chi connectivity index (χ2n) is 9.85. The summed E-state index contributed by atoms with van der Waals surface area (Å²) in [5.41, 5.74) is 2.28. The second kappa shape index (κ2) is 12.2. The molecule has 0 radical (unpaired) electrons. The van der Waals surface area contributed by atoms with Crippen LogP contribution in [0.15, 0.2) is 42.5 Å². The Morgan fingerprint density at radius 2 is 1.94 bits per heavy atom. The van der Waals surface area contributed by atoms with Crippen molar-refractivity contribution in [2.75, 3.05) is 31.7 Å². The Hall–Kier alpha value is -3.13. The molecule has 1 aliphatic heterocycles. The van der Waals surface area contributed by atoms with Crippen molar-refractivity contribution in [1.82, 2.24) is 10.6 Å². The third-order valence-electron chi connectivity index (χ3n) is 7.29. The Kier molecular flexibility index (Phi) is 8.80. The first-order valence-corrected chi connectivity index (χ1v) is 12.9. The van der Waals surface area contributed by atoms with E-state index in [-0.39, 0.29) is 24.2 Å². The van der Waals surface area contributed by atoms with E-state index in [9.17, 15) is 19.1 Å². The number of hydrogen-bond acceptors (Lipinski definition) is 5. The Morgan fingerprint density at radius 1 is 1.14 bits per heavy atom. The molecule has 1 saturated carbocycles. The molecule has 2 aromatic carbocycles. The van der Waals surface area contributed by atoms with Gasteiger partial charge in [0.05, 0.1) is 19.8 Å². The highest BCUT2D eigenvalue weighted by Gasteiger charge is 2.29. The van der Waals surface area contributed by atoms with Gasteiger partial charge in [-0.3, -0.25) is 9.59 Å². The molecule has 2 amide bonds. The average Bonchev–Trinajstić information content (AvgIpc) is 3.29. The van der Waals surface area contributed by atoms with Gasteiger partial charge in [0.25, 0.3) is 5.91 Å². The quantitative estimate of drug-likeness (QED) is 0.468. The van der Waals surface area contributed by atoms with Crippen LogP contribution in [0.3, 0.4) is 0 Å². The lowest BCUT2D eigenvalue weighted by molar-refractivity contribution is -0.124. The monoisotopic (exact) mass is 497 g/mol. The first-order valence-electron chi connectivity index (χ1n) is 12.9. The summed E-state index contributed by atoms with van der Waals surface area (Å²) in [4.78, 5) is 28.5. The fraction of sp³-hybridized carbons (Fsp3) is 0.500. The van der Waals surface area contributed by atoms with Crippen LogP contribution in [-0.4, -0.2) is 55.8 Å². The summed E-state index contributed by atoms with van der Waals surface area (Å²) in [6, 6.07) is 10.3. The number of halogens is 1. The molecule has 0 unspecified atom stereocenters. The maximum Gasteiger partial charge on any atom is 0.252 e. The number of fused-ring (bicyclic) bond motifs is 1. The van der Waals surface area contributed by atoms with Crippen molar-refractivity contribution >= 4 is 17.5 Å². The molecule has 8 heteroatoms. The summed E-state index contributed by atoms with van der Waals surface area (Å²) in [5.74, 6) is 0.0466. The zero-order valence-corrected chi connectivity index (χ0v) is 20.8. The molecule has 2 aromatic rings. The summed E-state index contributed by atoms with van der Waals surface area (Å²) in [7, 11) is 1.54. The molecule has 4 rings (SSSR count). The number of nitrogens with zero attached hydrogens (tertiary/aromatic N) is 1. The van der Waals surface area contributed by atoms with Crippen LogP contribution in [0.4, 0.5) is 10.1 Å². The van der Waals surface area contributed by atoms with Gasteiger partial charge in [0.15, 0.2) is 0 Å². The van der Waals surface area contributed by atoms with E-state index < -0.39 is 12.1 Å². The lowest BCUT2D eigenvalue weighted by atomic mass is 9.84. The van der Waals surface area contributed by atoms with Crippen molar-refractivity contribution in [2.24, 2.45) is 5.92 Å². The van der Waals surface area contributed by atoms with Crippen LogP contribution < -0.4 is 20.3 Å². The van der Waals surface area contributed by atoms with Gasteiger partial charge in [-0.1, -0.05) is 38.2 Å². The molecule has 2 atom stereocenters. The number of benzene rings is 2. The number of anilines is 1. The lowest BCUT2D eigenvalue weighted by Gasteiger charge is -2.30. The Bertz CT molecular complexity index is 1060. The number of rotatable bonds is 10. The SMILES string of the molecule is COc1cccc(C(=O)N[C@@H](CC2CCCCC2)C(=O)N[C@@H](CO)CN2CCc3cc(F)ccc32)c1. The highest BCUT2D eigenvalue weighted by molar-refractivity contribution is 5.97. The summed E-state index contributed by atoms with van der Waals surface area (Å²) in [5, 5.41) is 15.9. The minimum absolute atomic E-state index is 0.237. The van der Waals surface area contributed by atoms with E-state index in [1.165, 1.54) is 18.6 Å². The van der Waals surface area contributed by atoms with Gasteiger partial charge in [-0.2, -0.15) is 0 Å². The molecular formula is C28H36FN3O4. The topological polar surface area (TPSA) is 90.9 Å². The summed E-state index contributed by atoms with van der Waals surface area (Å²) in [6.07, 6.45) is 6.85. The molecule has 1 heterocycles. The number of methoxy groups -OCH3 is 1. The van der Waals surface area contributed by atoms with Crippen molar-refractivity contribution in [3.63, 3.8) is 0 Å². The van der Waals surface area contributed by atoms with Crippen LogP contribution >= 0.6 is 0 Å². The number of ether oxygens (including phenoxy) is 1. The minimum atomic E-state index is -0.708. The van der Waals surface area contributed by atoms with Crippen LogP contribution in [0, 0.1) is 11.7 Å². The number of amides is 2. The Labute approximate surface area is 212 Å². The fourth-order valence-corrected chi connectivity index (χ4v) is 5.34. The predicted octanol–water partition coefficient (Wildman–Crippen LogP) is 3.44. The highest BCUT2D eigenvalue weighted by atomic mass is 19.1. The molecule has 2 aliphatic rings. The van der Waals surface area contributed by atoms with Gasteiger partial charge in [0, 0.05) is 24.3 Å². The molecule has 36 heavy (non-hydrogen) atoms. The second-order valence-corrected chi connectivity index (χ2v) is 9.85. The van der Waals surface area contributed by atoms with Crippen molar-refractivity contribution < 1.29 is 23.8 Å². The van der Waals surface area contributed by atoms with Crippen molar-refractivity contribution in [3.8, 4) is 5.75 Å². The van der Waals surface area contributed by atoms with Gasteiger partial charge in [-0.25, -0.2) is 4.39 Å². The van der Waals surface area contributed by atoms with Crippen LogP contribution in [0.25, 0.3) is 0 Å². The van der Waals surface area contributed by atoms with Gasteiger partial charge < -0.3 is 25.4 Å². The number of nitrogens with one attached hydrogen (secondary N) is 2. The van der Waals surface area contributed by atoms with E-state index in [2.05, 4.69) is 15.5 Å². The maximum atomic E-state index is 13.6. The third kappa shape index (κ3) is 6.55. The van der Waals surface area contributed by atoms with Crippen LogP contribution in [-0.2, 0) is 11.2 Å². The number of aliphatic hydroxyl groups is 1. The van der Waals surface area contributed by atoms with Crippen molar-refractivity contribution in [2.45, 2.75) is 57.0 Å². The smallest absolute Gasteiger partial charge is 0.252 e. The first kappa shape index (κ1) is 25.9. The lowest BCUT2D eigenvalue weighted by Crippen LogP contribution is -2.53. The fourth-order valence-electron chi connectivity index (χ4n) is 5.34. The number of carbonyl (C=O) groups excluding carboxylic acids is 2. The normalized spacial score (nSPS) is 17.2. The van der Waals surface area contributed by atoms with Gasteiger partial charge in [-0.05, 0) is 60.7 Å². The minimum Gasteiger partial charge on any atom is -0.497 e. The van der Waals surface area contributed by atoms with Crippen LogP contribution in [0.1, 0.15) is 54.4 Å². The van der Waals surface area contributed by atoms with Crippen LogP contribution in [0.5, 0.6) is 5.75 Å². The molecule has 194 valence electrons. The summed E-state index contributed by atoms with van der Waals surface area (Å²) < 4.78 is 18.8. The molecule has 1 aliphatic carbocycles. The number of carbonyl (C=O) groups is 2. The van der Waals surface area contributed by atoms with Gasteiger partial charge >= 0.3 is 0 Å². The van der Waals surface area contributed by atoms with Crippen molar-refractivity contribution in [3.05, 3.63) is 59.4 Å². The van der Waals surface area contributed by atoms with Crippen molar-refractivity contribution in [1.29, 1.82) is 0 Å². The largest absolute Gasteiger partial charge is 0.497 e. The van der Waals surface area contributed by atoms with Gasteiger partial charge in [-0.15, -0.1) is 0 Å². The zero-order chi connectivity index (χ0) is 25.5. The Morgan fingerprint density at radius 3 is 2.69 bits per heavy atom. The predicted molar refractivity (Wildman–Crippen MR) is 137 cm³/mol. The maximum absolute atomic E-state index is 13.6. The van der Waals surface area contributed by atoms with Gasteiger partial charge in [0.1, 0.15) is 17.6 Å². The summed E-state index contributed by atoms with van der Waals surface area (Å²) in [6.45, 7) is 0.864. The molecule has 0 saturated heterocycles. The van der Waals surface area contributed by atoms with Gasteiger partial charge in [0.2, 0.25) is 5.91 Å². The molecule has 7 nitrogen and oxygen atoms in total. The standard InChI is InChI=1S/C28H36FN3O4/c1-36-24-9-5-8-21(16-24)27(34)31-25(14-19-6-3-2-4-7-19)28(35)30-23(18-33)17-32-13-12-20-15-22(29)10-11-26(20)32/h5,8-11,15-16,19,23,25,33H,2-4,6-7,12-14,17-18H2,1H3,(H,30,35)(H,31,34)/t23-,25+/m1/s1. The first-order chi connectivity index (χ1) is 17.5. The van der Waals surface area contributed by atoms with E-state index in [0.29, 0.717) is 36.7 Å². The molecule has 0 aromatic heterocycles. The Balaban J connectivity index is 1.44. The highest BCUT2D eigenvalue weighted by Crippen LogP contribution is 2.29. The average molecular weight is 498 g/mol. The third-order valence-corrected chi connectivity index (χ3v) is 7.29. The van der Waals surface area contributed by atoms with E-state index in [4.69, 9.17) is 4.74 Å². The number of aliphatic hydroxyl groups excluding tert-OH is 1. The molecule has 0 bridgehead atoms. The van der Waals surface area contributed by atoms with Crippen LogP contribution in [0.2, 0.25) is 0 Å². The zero-order valence-electron chi connectivity index (χ0n) is 20.8. The molecular weight excluding hydrogens is 461 g/mol. The summed E-state index contributed by atoms with van der Waals surface area (Å²) >= 11 is 0. The molecule has 0 spiro atoms. The van der Waals surface area contributed by atoms with E-state index >= 15 is 0 Å². The van der Waals surface area contributed by atoms with E-state index in [1.807, 2.05) is 0 Å².